The standard InChI is InChI=1S/C8H8BrNOS/c9-7-3-5(8(10)12)1-2-6(7)4-11/h1-3,11H,4H2,(H2,10,12). The normalized spacial score (nSPS) is 9.83. The zero-order valence-electron chi connectivity index (χ0n) is 6.25. The first-order valence-electron chi connectivity index (χ1n) is 3.34. The van der Waals surface area contributed by atoms with Crippen molar-refractivity contribution in [3.05, 3.63) is 33.8 Å². The van der Waals surface area contributed by atoms with Crippen LogP contribution in [0.2, 0.25) is 0 Å². The summed E-state index contributed by atoms with van der Waals surface area (Å²) >= 11 is 8.10. The molecule has 64 valence electrons. The number of aliphatic hydroxyl groups is 1. The molecule has 3 N–H and O–H groups in total. The van der Waals surface area contributed by atoms with Gasteiger partial charge in [0.25, 0.3) is 0 Å². The molecular formula is C8H8BrNOS. The Labute approximate surface area is 84.5 Å². The molecule has 12 heavy (non-hydrogen) atoms. The van der Waals surface area contributed by atoms with Crippen molar-refractivity contribution in [3.8, 4) is 0 Å². The van der Waals surface area contributed by atoms with Gasteiger partial charge in [-0.1, -0.05) is 40.3 Å². The molecule has 0 unspecified atom stereocenters. The first-order chi connectivity index (χ1) is 5.65. The van der Waals surface area contributed by atoms with Crippen LogP contribution < -0.4 is 5.73 Å². The second-order valence-corrected chi connectivity index (χ2v) is 3.62. The van der Waals surface area contributed by atoms with Crippen molar-refractivity contribution in [3.63, 3.8) is 0 Å². The van der Waals surface area contributed by atoms with Gasteiger partial charge in [0.15, 0.2) is 0 Å². The third-order valence-corrected chi connectivity index (χ3v) is 2.48. The van der Waals surface area contributed by atoms with Crippen LogP contribution in [0, 0.1) is 0 Å². The molecule has 0 bridgehead atoms. The lowest BCUT2D eigenvalue weighted by Crippen LogP contribution is -2.09. The lowest BCUT2D eigenvalue weighted by Gasteiger charge is -2.02. The average Bonchev–Trinajstić information content (AvgIpc) is 2.04. The van der Waals surface area contributed by atoms with Gasteiger partial charge >= 0.3 is 0 Å². The van der Waals surface area contributed by atoms with Gasteiger partial charge in [0.2, 0.25) is 0 Å². The molecule has 0 aliphatic heterocycles. The Morgan fingerprint density at radius 3 is 2.67 bits per heavy atom. The van der Waals surface area contributed by atoms with E-state index in [1.54, 1.807) is 18.2 Å². The number of aliphatic hydroxyl groups excluding tert-OH is 1. The molecule has 0 aromatic heterocycles. The highest BCUT2D eigenvalue weighted by molar-refractivity contribution is 9.10. The van der Waals surface area contributed by atoms with Gasteiger partial charge in [-0.2, -0.15) is 0 Å². The smallest absolute Gasteiger partial charge is 0.104 e. The number of hydrogen-bond donors (Lipinski definition) is 2. The third-order valence-electron chi connectivity index (χ3n) is 1.51. The van der Waals surface area contributed by atoms with Crippen LogP contribution in [-0.2, 0) is 6.61 Å². The first kappa shape index (κ1) is 9.64. The molecule has 0 atom stereocenters. The Morgan fingerprint density at radius 2 is 2.25 bits per heavy atom. The van der Waals surface area contributed by atoms with E-state index < -0.39 is 0 Å². The molecule has 0 amide bonds. The van der Waals surface area contributed by atoms with Gasteiger partial charge < -0.3 is 10.8 Å². The van der Waals surface area contributed by atoms with Crippen molar-refractivity contribution in [2.75, 3.05) is 0 Å². The maximum absolute atomic E-state index is 8.85. The van der Waals surface area contributed by atoms with Gasteiger partial charge in [-0.25, -0.2) is 0 Å². The maximum Gasteiger partial charge on any atom is 0.104 e. The number of halogens is 1. The fraction of sp³-hybridized carbons (Fsp3) is 0.125. The van der Waals surface area contributed by atoms with Gasteiger partial charge in [0, 0.05) is 10.0 Å². The van der Waals surface area contributed by atoms with E-state index in [1.165, 1.54) is 0 Å². The molecule has 1 aromatic rings. The number of nitrogens with two attached hydrogens (primary N) is 1. The summed E-state index contributed by atoms with van der Waals surface area (Å²) in [5.41, 5.74) is 7.05. The van der Waals surface area contributed by atoms with Crippen molar-refractivity contribution in [2.45, 2.75) is 6.61 Å². The summed E-state index contributed by atoms with van der Waals surface area (Å²) in [6, 6.07) is 5.38. The SMILES string of the molecule is NC(=S)c1ccc(CO)c(Br)c1. The Hall–Kier alpha value is -0.450. The van der Waals surface area contributed by atoms with Gasteiger partial charge in [0.1, 0.15) is 4.99 Å². The minimum atomic E-state index is 0.0121. The third kappa shape index (κ3) is 2.03. The topological polar surface area (TPSA) is 46.2 Å². The van der Waals surface area contributed by atoms with Gasteiger partial charge in [0.05, 0.1) is 6.61 Å². The van der Waals surface area contributed by atoms with Crippen molar-refractivity contribution in [2.24, 2.45) is 5.73 Å². The van der Waals surface area contributed by atoms with Crippen LogP contribution in [0.1, 0.15) is 11.1 Å². The predicted octanol–water partition coefficient (Wildman–Crippen LogP) is 1.58. The largest absolute Gasteiger partial charge is 0.392 e. The highest BCUT2D eigenvalue weighted by Crippen LogP contribution is 2.18. The first-order valence-corrected chi connectivity index (χ1v) is 4.54. The van der Waals surface area contributed by atoms with Crippen LogP contribution in [-0.4, -0.2) is 10.1 Å². The van der Waals surface area contributed by atoms with Crippen LogP contribution in [0.15, 0.2) is 22.7 Å². The van der Waals surface area contributed by atoms with E-state index in [0.29, 0.717) is 4.99 Å². The van der Waals surface area contributed by atoms with Crippen molar-refractivity contribution in [1.29, 1.82) is 0 Å². The fourth-order valence-corrected chi connectivity index (χ4v) is 1.46. The van der Waals surface area contributed by atoms with Gasteiger partial charge in [-0.3, -0.25) is 0 Å². The van der Waals surface area contributed by atoms with Crippen LogP contribution in [0.3, 0.4) is 0 Å². The molecule has 0 radical (unpaired) electrons. The summed E-state index contributed by atoms with van der Waals surface area (Å²) in [6.45, 7) is 0.0121. The van der Waals surface area contributed by atoms with E-state index in [2.05, 4.69) is 15.9 Å². The Balaban J connectivity index is 3.10. The zero-order chi connectivity index (χ0) is 9.14. The monoisotopic (exact) mass is 245 g/mol. The molecule has 1 aromatic carbocycles. The molecule has 0 aliphatic rings. The molecule has 0 saturated carbocycles. The van der Waals surface area contributed by atoms with E-state index in [1.807, 2.05) is 0 Å². The molecule has 4 heteroatoms. The van der Waals surface area contributed by atoms with Gasteiger partial charge in [-0.05, 0) is 11.6 Å². The average molecular weight is 246 g/mol. The Bertz CT molecular complexity index is 314. The van der Waals surface area contributed by atoms with Crippen LogP contribution in [0.25, 0.3) is 0 Å². The van der Waals surface area contributed by atoms with E-state index in [0.717, 1.165) is 15.6 Å². The lowest BCUT2D eigenvalue weighted by molar-refractivity contribution is 0.281. The molecule has 0 saturated heterocycles. The van der Waals surface area contributed by atoms with Crippen LogP contribution in [0.4, 0.5) is 0 Å². The van der Waals surface area contributed by atoms with Crippen LogP contribution in [0.5, 0.6) is 0 Å². The quantitative estimate of drug-likeness (QED) is 0.779. The Morgan fingerprint density at radius 1 is 1.58 bits per heavy atom. The summed E-state index contributed by atoms with van der Waals surface area (Å²) in [5.74, 6) is 0. The minimum Gasteiger partial charge on any atom is -0.392 e. The van der Waals surface area contributed by atoms with E-state index in [9.17, 15) is 0 Å². The van der Waals surface area contributed by atoms with E-state index in [-0.39, 0.29) is 6.61 Å². The fourth-order valence-electron chi connectivity index (χ4n) is 0.829. The summed E-state index contributed by atoms with van der Waals surface area (Å²) in [7, 11) is 0. The van der Waals surface area contributed by atoms with Crippen molar-refractivity contribution in [1.82, 2.24) is 0 Å². The molecule has 2 nitrogen and oxygen atoms in total. The summed E-state index contributed by atoms with van der Waals surface area (Å²) in [6.07, 6.45) is 0. The summed E-state index contributed by atoms with van der Waals surface area (Å²) < 4.78 is 0.829. The second kappa shape index (κ2) is 3.98. The lowest BCUT2D eigenvalue weighted by atomic mass is 10.1. The number of hydrogen-bond acceptors (Lipinski definition) is 2. The molecule has 0 fully saturated rings. The van der Waals surface area contributed by atoms with E-state index in [4.69, 9.17) is 23.1 Å². The highest BCUT2D eigenvalue weighted by atomic mass is 79.9. The molecule has 0 spiro atoms. The second-order valence-electron chi connectivity index (χ2n) is 2.33. The predicted molar refractivity (Wildman–Crippen MR) is 56.0 cm³/mol. The molecule has 0 heterocycles. The number of rotatable bonds is 2. The van der Waals surface area contributed by atoms with Crippen molar-refractivity contribution < 1.29 is 5.11 Å². The maximum atomic E-state index is 8.85. The van der Waals surface area contributed by atoms with E-state index >= 15 is 0 Å². The molecular weight excluding hydrogens is 238 g/mol. The highest BCUT2D eigenvalue weighted by Gasteiger charge is 2.01. The molecule has 0 aliphatic carbocycles. The van der Waals surface area contributed by atoms with Gasteiger partial charge in [-0.15, -0.1) is 0 Å². The zero-order valence-corrected chi connectivity index (χ0v) is 8.65. The summed E-state index contributed by atoms with van der Waals surface area (Å²) in [5, 5.41) is 8.85. The Kier molecular flexibility index (Phi) is 3.20. The number of benzene rings is 1. The van der Waals surface area contributed by atoms with Crippen molar-refractivity contribution >= 4 is 33.1 Å². The summed E-state index contributed by atoms with van der Waals surface area (Å²) in [4.78, 5) is 0.361. The van der Waals surface area contributed by atoms with Crippen LogP contribution >= 0.6 is 28.1 Å². The minimum absolute atomic E-state index is 0.0121. The molecule has 1 rings (SSSR count). The number of thiocarbonyl (C=S) groups is 1.